The van der Waals surface area contributed by atoms with Crippen molar-refractivity contribution in [2.24, 2.45) is 17.6 Å². The predicted molar refractivity (Wildman–Crippen MR) is 90.7 cm³/mol. The maximum absolute atomic E-state index is 6.45. The lowest BCUT2D eigenvalue weighted by Gasteiger charge is -2.43. The maximum atomic E-state index is 6.45. The topological polar surface area (TPSA) is 29.3 Å². The van der Waals surface area contributed by atoms with Crippen LogP contribution in [0, 0.1) is 11.8 Å². The van der Waals surface area contributed by atoms with E-state index < -0.39 is 0 Å². The maximum Gasteiger partial charge on any atom is 0.0401 e. The standard InChI is InChI=1S/C19H30N2/c1-3-15-9-11-18(20)17(12-15)13-21-14(2)8-10-16-6-4-5-7-19(16)21/h4-7,14-15,17-18H,3,8-13,20H2,1-2H3. The second-order valence-corrected chi connectivity index (χ2v) is 7.18. The number of hydrogen-bond donors (Lipinski definition) is 1. The molecule has 4 unspecified atom stereocenters. The van der Waals surface area contributed by atoms with Gasteiger partial charge in [-0.05, 0) is 62.5 Å². The van der Waals surface area contributed by atoms with Crippen molar-refractivity contribution in [3.8, 4) is 0 Å². The third kappa shape index (κ3) is 3.11. The molecule has 2 nitrogen and oxygen atoms in total. The smallest absolute Gasteiger partial charge is 0.0401 e. The van der Waals surface area contributed by atoms with Crippen LogP contribution >= 0.6 is 0 Å². The number of nitrogens with two attached hydrogens (primary N) is 1. The summed E-state index contributed by atoms with van der Waals surface area (Å²) in [7, 11) is 0. The van der Waals surface area contributed by atoms with Crippen molar-refractivity contribution in [3.05, 3.63) is 29.8 Å². The molecular formula is C19H30N2. The van der Waals surface area contributed by atoms with Crippen LogP contribution in [-0.4, -0.2) is 18.6 Å². The predicted octanol–water partition coefficient (Wildman–Crippen LogP) is 3.98. The van der Waals surface area contributed by atoms with Gasteiger partial charge in [-0.2, -0.15) is 0 Å². The van der Waals surface area contributed by atoms with Gasteiger partial charge in [-0.15, -0.1) is 0 Å². The number of aryl methyl sites for hydroxylation is 1. The van der Waals surface area contributed by atoms with E-state index in [1.54, 1.807) is 0 Å². The van der Waals surface area contributed by atoms with Crippen molar-refractivity contribution in [2.75, 3.05) is 11.4 Å². The van der Waals surface area contributed by atoms with E-state index in [2.05, 4.69) is 43.0 Å². The Balaban J connectivity index is 1.77. The first-order chi connectivity index (χ1) is 10.2. The first-order valence-electron chi connectivity index (χ1n) is 8.79. The van der Waals surface area contributed by atoms with Gasteiger partial charge in [0.15, 0.2) is 0 Å². The minimum atomic E-state index is 0.397. The summed E-state index contributed by atoms with van der Waals surface area (Å²) in [6.45, 7) is 5.86. The average molecular weight is 286 g/mol. The van der Waals surface area contributed by atoms with Crippen LogP contribution in [0.15, 0.2) is 24.3 Å². The second-order valence-electron chi connectivity index (χ2n) is 7.18. The van der Waals surface area contributed by atoms with E-state index in [0.717, 1.165) is 12.5 Å². The Kier molecular flexibility index (Phi) is 4.54. The van der Waals surface area contributed by atoms with Crippen LogP contribution in [0.2, 0.25) is 0 Å². The number of fused-ring (bicyclic) bond motifs is 1. The summed E-state index contributed by atoms with van der Waals surface area (Å²) < 4.78 is 0. The molecule has 2 heteroatoms. The largest absolute Gasteiger partial charge is 0.368 e. The van der Waals surface area contributed by atoms with Crippen LogP contribution in [0.3, 0.4) is 0 Å². The Labute approximate surface area is 129 Å². The fourth-order valence-electron chi connectivity index (χ4n) is 4.26. The molecule has 1 heterocycles. The highest BCUT2D eigenvalue weighted by molar-refractivity contribution is 5.56. The van der Waals surface area contributed by atoms with Gasteiger partial charge in [-0.1, -0.05) is 31.5 Å². The first kappa shape index (κ1) is 14.9. The molecule has 0 spiro atoms. The Bertz CT molecular complexity index is 470. The molecule has 3 rings (SSSR count). The number of hydrogen-bond acceptors (Lipinski definition) is 2. The molecule has 116 valence electrons. The SMILES string of the molecule is CCC1CCC(N)C(CN2c3ccccc3CCC2C)C1. The fourth-order valence-corrected chi connectivity index (χ4v) is 4.26. The third-order valence-corrected chi connectivity index (χ3v) is 5.82. The van der Waals surface area contributed by atoms with Crippen LogP contribution in [0.1, 0.15) is 51.5 Å². The third-order valence-electron chi connectivity index (χ3n) is 5.82. The molecule has 1 aromatic rings. The first-order valence-corrected chi connectivity index (χ1v) is 8.79. The molecule has 0 saturated heterocycles. The molecule has 0 bridgehead atoms. The monoisotopic (exact) mass is 286 g/mol. The van der Waals surface area contributed by atoms with Crippen LogP contribution < -0.4 is 10.6 Å². The molecule has 0 aromatic heterocycles. The fraction of sp³-hybridized carbons (Fsp3) is 0.684. The van der Waals surface area contributed by atoms with E-state index in [4.69, 9.17) is 5.73 Å². The minimum absolute atomic E-state index is 0.397. The molecule has 2 N–H and O–H groups in total. The highest BCUT2D eigenvalue weighted by Crippen LogP contribution is 2.35. The molecule has 1 aliphatic carbocycles. The van der Waals surface area contributed by atoms with E-state index in [9.17, 15) is 0 Å². The number of nitrogens with zero attached hydrogens (tertiary/aromatic N) is 1. The van der Waals surface area contributed by atoms with Gasteiger partial charge in [0.1, 0.15) is 0 Å². The van der Waals surface area contributed by atoms with Gasteiger partial charge in [-0.3, -0.25) is 0 Å². The quantitative estimate of drug-likeness (QED) is 0.910. The van der Waals surface area contributed by atoms with Gasteiger partial charge in [0.05, 0.1) is 0 Å². The average Bonchev–Trinajstić information content (AvgIpc) is 2.52. The van der Waals surface area contributed by atoms with Crippen molar-refractivity contribution in [2.45, 2.75) is 64.5 Å². The van der Waals surface area contributed by atoms with Crippen molar-refractivity contribution in [3.63, 3.8) is 0 Å². The van der Waals surface area contributed by atoms with Crippen molar-refractivity contribution >= 4 is 5.69 Å². The molecule has 1 aromatic carbocycles. The van der Waals surface area contributed by atoms with E-state index in [1.807, 2.05) is 0 Å². The van der Waals surface area contributed by atoms with E-state index in [1.165, 1.54) is 49.8 Å². The normalized spacial score (nSPS) is 32.8. The Hall–Kier alpha value is -1.02. The summed E-state index contributed by atoms with van der Waals surface area (Å²) >= 11 is 0. The summed E-state index contributed by atoms with van der Waals surface area (Å²) in [5.41, 5.74) is 9.43. The lowest BCUT2D eigenvalue weighted by atomic mass is 9.76. The minimum Gasteiger partial charge on any atom is -0.368 e. The zero-order chi connectivity index (χ0) is 14.8. The zero-order valence-electron chi connectivity index (χ0n) is 13.6. The van der Waals surface area contributed by atoms with Crippen LogP contribution in [0.5, 0.6) is 0 Å². The van der Waals surface area contributed by atoms with Gasteiger partial charge in [0.25, 0.3) is 0 Å². The summed E-state index contributed by atoms with van der Waals surface area (Å²) in [4.78, 5) is 2.64. The summed E-state index contributed by atoms with van der Waals surface area (Å²) in [5.74, 6) is 1.56. The Morgan fingerprint density at radius 1 is 1.19 bits per heavy atom. The molecule has 0 amide bonds. The number of rotatable bonds is 3. The van der Waals surface area contributed by atoms with Gasteiger partial charge >= 0.3 is 0 Å². The van der Waals surface area contributed by atoms with E-state index in [0.29, 0.717) is 18.0 Å². The molecule has 21 heavy (non-hydrogen) atoms. The molecule has 1 fully saturated rings. The highest BCUT2D eigenvalue weighted by Gasteiger charge is 2.31. The van der Waals surface area contributed by atoms with Gasteiger partial charge in [0, 0.05) is 24.3 Å². The second kappa shape index (κ2) is 6.39. The number of para-hydroxylation sites is 1. The van der Waals surface area contributed by atoms with Crippen molar-refractivity contribution in [1.29, 1.82) is 0 Å². The molecule has 4 atom stereocenters. The van der Waals surface area contributed by atoms with Gasteiger partial charge in [0.2, 0.25) is 0 Å². The highest BCUT2D eigenvalue weighted by atomic mass is 15.2. The van der Waals surface area contributed by atoms with Crippen molar-refractivity contribution < 1.29 is 0 Å². The summed E-state index contributed by atoms with van der Waals surface area (Å²) in [6, 6.07) is 10.00. The summed E-state index contributed by atoms with van der Waals surface area (Å²) in [5, 5.41) is 0. The Morgan fingerprint density at radius 3 is 2.81 bits per heavy atom. The zero-order valence-corrected chi connectivity index (χ0v) is 13.6. The number of benzene rings is 1. The summed E-state index contributed by atoms with van der Waals surface area (Å²) in [6.07, 6.45) is 7.68. The van der Waals surface area contributed by atoms with Gasteiger partial charge < -0.3 is 10.6 Å². The van der Waals surface area contributed by atoms with Gasteiger partial charge in [-0.25, -0.2) is 0 Å². The molecule has 2 aliphatic rings. The number of anilines is 1. The van der Waals surface area contributed by atoms with Crippen LogP contribution in [-0.2, 0) is 6.42 Å². The molecule has 0 radical (unpaired) electrons. The van der Waals surface area contributed by atoms with Crippen molar-refractivity contribution in [1.82, 2.24) is 0 Å². The van der Waals surface area contributed by atoms with Crippen LogP contribution in [0.25, 0.3) is 0 Å². The molecular weight excluding hydrogens is 256 g/mol. The van der Waals surface area contributed by atoms with E-state index >= 15 is 0 Å². The van der Waals surface area contributed by atoms with Crippen LogP contribution in [0.4, 0.5) is 5.69 Å². The molecule has 1 saturated carbocycles. The Morgan fingerprint density at radius 2 is 2.00 bits per heavy atom. The van der Waals surface area contributed by atoms with E-state index in [-0.39, 0.29) is 0 Å². The lowest BCUT2D eigenvalue weighted by molar-refractivity contribution is 0.226. The molecule has 1 aliphatic heterocycles. The lowest BCUT2D eigenvalue weighted by Crippen LogP contribution is -2.47.